The van der Waals surface area contributed by atoms with Crippen molar-refractivity contribution in [3.8, 4) is 0 Å². The number of rotatable bonds is 6. The first-order valence-corrected chi connectivity index (χ1v) is 6.82. The number of benzene rings is 1. The molecule has 110 valence electrons. The van der Waals surface area contributed by atoms with E-state index in [1.807, 2.05) is 14.1 Å². The normalized spacial score (nSPS) is 10.4. The molecule has 1 aromatic rings. The van der Waals surface area contributed by atoms with Crippen LogP contribution in [0.15, 0.2) is 18.2 Å². The molecule has 1 rings (SSSR count). The van der Waals surface area contributed by atoms with Crippen LogP contribution in [-0.2, 0) is 0 Å². The van der Waals surface area contributed by atoms with E-state index < -0.39 is 4.92 Å². The number of nitro benzene ring substituents is 1. The van der Waals surface area contributed by atoms with Crippen LogP contribution < -0.4 is 10.6 Å². The van der Waals surface area contributed by atoms with E-state index in [9.17, 15) is 10.1 Å². The van der Waals surface area contributed by atoms with Gasteiger partial charge in [-0.1, -0.05) is 11.6 Å². The highest BCUT2D eigenvalue weighted by Gasteiger charge is 2.12. The predicted octanol–water partition coefficient (Wildman–Crippen LogP) is 2.49. The SMILES string of the molecule is CN(C)CCCNC(=S)Nc1ccc(Cl)c([N+](=O)[O-])c1. The number of anilines is 1. The van der Waals surface area contributed by atoms with Gasteiger partial charge in [-0.15, -0.1) is 0 Å². The Labute approximate surface area is 128 Å². The number of hydrogen-bond donors (Lipinski definition) is 2. The molecule has 0 unspecified atom stereocenters. The fourth-order valence-corrected chi connectivity index (χ4v) is 1.91. The third-order valence-corrected chi connectivity index (χ3v) is 3.03. The van der Waals surface area contributed by atoms with E-state index in [0.717, 1.165) is 19.5 Å². The van der Waals surface area contributed by atoms with Gasteiger partial charge in [0.15, 0.2) is 5.11 Å². The van der Waals surface area contributed by atoms with E-state index in [1.165, 1.54) is 12.1 Å². The maximum absolute atomic E-state index is 10.8. The van der Waals surface area contributed by atoms with Crippen LogP contribution in [0.4, 0.5) is 11.4 Å². The Balaban J connectivity index is 2.50. The van der Waals surface area contributed by atoms with Crippen molar-refractivity contribution in [2.24, 2.45) is 0 Å². The zero-order chi connectivity index (χ0) is 15.1. The monoisotopic (exact) mass is 316 g/mol. The van der Waals surface area contributed by atoms with Crippen molar-refractivity contribution in [3.63, 3.8) is 0 Å². The number of nitrogens with one attached hydrogen (secondary N) is 2. The van der Waals surface area contributed by atoms with E-state index in [2.05, 4.69) is 15.5 Å². The molecule has 20 heavy (non-hydrogen) atoms. The van der Waals surface area contributed by atoms with Crippen LogP contribution in [0.5, 0.6) is 0 Å². The summed E-state index contributed by atoms with van der Waals surface area (Å²) in [6, 6.07) is 4.47. The maximum Gasteiger partial charge on any atom is 0.289 e. The lowest BCUT2D eigenvalue weighted by Gasteiger charge is -2.12. The topological polar surface area (TPSA) is 70.4 Å². The fourth-order valence-electron chi connectivity index (χ4n) is 1.50. The molecule has 0 aliphatic heterocycles. The Morgan fingerprint density at radius 1 is 1.50 bits per heavy atom. The van der Waals surface area contributed by atoms with Crippen LogP contribution in [0.3, 0.4) is 0 Å². The van der Waals surface area contributed by atoms with Gasteiger partial charge >= 0.3 is 0 Å². The molecular formula is C12H17ClN4O2S. The highest BCUT2D eigenvalue weighted by atomic mass is 35.5. The number of thiocarbonyl (C=S) groups is 1. The molecule has 8 heteroatoms. The minimum Gasteiger partial charge on any atom is -0.362 e. The summed E-state index contributed by atoms with van der Waals surface area (Å²) in [6.45, 7) is 1.70. The van der Waals surface area contributed by atoms with E-state index >= 15 is 0 Å². The zero-order valence-electron chi connectivity index (χ0n) is 11.4. The lowest BCUT2D eigenvalue weighted by molar-refractivity contribution is -0.384. The van der Waals surface area contributed by atoms with Crippen LogP contribution in [0.2, 0.25) is 5.02 Å². The standard InChI is InChI=1S/C12H17ClN4O2S/c1-16(2)7-3-6-14-12(20)15-9-4-5-10(13)11(8-9)17(18)19/h4-5,8H,3,6-7H2,1-2H3,(H2,14,15,20). The molecule has 0 aromatic heterocycles. The Morgan fingerprint density at radius 2 is 2.20 bits per heavy atom. The van der Waals surface area contributed by atoms with Crippen molar-refractivity contribution >= 4 is 40.3 Å². The van der Waals surface area contributed by atoms with Crippen LogP contribution in [0.25, 0.3) is 0 Å². The van der Waals surface area contributed by atoms with Gasteiger partial charge in [-0.05, 0) is 51.4 Å². The van der Waals surface area contributed by atoms with Crippen molar-refractivity contribution in [2.75, 3.05) is 32.5 Å². The summed E-state index contributed by atoms with van der Waals surface area (Å²) >= 11 is 10.9. The quantitative estimate of drug-likeness (QED) is 0.364. The highest BCUT2D eigenvalue weighted by molar-refractivity contribution is 7.80. The molecule has 6 nitrogen and oxygen atoms in total. The van der Waals surface area contributed by atoms with Gasteiger partial charge in [0.1, 0.15) is 5.02 Å². The Hall–Kier alpha value is -1.44. The van der Waals surface area contributed by atoms with Crippen LogP contribution in [0, 0.1) is 10.1 Å². The second-order valence-electron chi connectivity index (χ2n) is 4.46. The molecule has 0 atom stereocenters. The first-order valence-electron chi connectivity index (χ1n) is 6.03. The molecule has 0 aliphatic carbocycles. The van der Waals surface area contributed by atoms with Crippen LogP contribution in [0.1, 0.15) is 6.42 Å². The second kappa shape index (κ2) is 7.98. The average molecular weight is 317 g/mol. The molecular weight excluding hydrogens is 300 g/mol. The van der Waals surface area contributed by atoms with Gasteiger partial charge in [0.2, 0.25) is 0 Å². The highest BCUT2D eigenvalue weighted by Crippen LogP contribution is 2.27. The summed E-state index contributed by atoms with van der Waals surface area (Å²) in [5, 5.41) is 17.2. The summed E-state index contributed by atoms with van der Waals surface area (Å²) in [6.07, 6.45) is 0.954. The molecule has 0 spiro atoms. The van der Waals surface area contributed by atoms with Crippen molar-refractivity contribution < 1.29 is 4.92 Å². The third kappa shape index (κ3) is 5.68. The van der Waals surface area contributed by atoms with Crippen LogP contribution in [-0.4, -0.2) is 42.1 Å². The van der Waals surface area contributed by atoms with Gasteiger partial charge in [0, 0.05) is 18.3 Å². The first-order chi connectivity index (χ1) is 9.40. The van der Waals surface area contributed by atoms with Gasteiger partial charge in [0.25, 0.3) is 5.69 Å². The number of hydrogen-bond acceptors (Lipinski definition) is 4. The molecule has 0 aliphatic rings. The van der Waals surface area contributed by atoms with E-state index in [0.29, 0.717) is 10.8 Å². The van der Waals surface area contributed by atoms with Crippen LogP contribution >= 0.6 is 23.8 Å². The minimum atomic E-state index is -0.527. The summed E-state index contributed by atoms with van der Waals surface area (Å²) in [5.41, 5.74) is 0.387. The smallest absolute Gasteiger partial charge is 0.289 e. The molecule has 2 N–H and O–H groups in total. The summed E-state index contributed by atoms with van der Waals surface area (Å²) in [5.74, 6) is 0. The summed E-state index contributed by atoms with van der Waals surface area (Å²) in [7, 11) is 4.01. The van der Waals surface area contributed by atoms with Crippen molar-refractivity contribution in [2.45, 2.75) is 6.42 Å². The fraction of sp³-hybridized carbons (Fsp3) is 0.417. The number of nitrogens with zero attached hydrogens (tertiary/aromatic N) is 2. The lowest BCUT2D eigenvalue weighted by atomic mass is 10.3. The minimum absolute atomic E-state index is 0.102. The Morgan fingerprint density at radius 3 is 2.80 bits per heavy atom. The molecule has 0 amide bonds. The predicted molar refractivity (Wildman–Crippen MR) is 85.5 cm³/mol. The average Bonchev–Trinajstić information content (AvgIpc) is 2.36. The third-order valence-electron chi connectivity index (χ3n) is 2.47. The maximum atomic E-state index is 10.8. The first kappa shape index (κ1) is 16.6. The van der Waals surface area contributed by atoms with Gasteiger partial charge in [0.05, 0.1) is 4.92 Å². The summed E-state index contributed by atoms with van der Waals surface area (Å²) in [4.78, 5) is 12.3. The van der Waals surface area contributed by atoms with E-state index in [1.54, 1.807) is 6.07 Å². The van der Waals surface area contributed by atoms with Crippen molar-refractivity contribution in [3.05, 3.63) is 33.3 Å². The van der Waals surface area contributed by atoms with Gasteiger partial charge in [-0.2, -0.15) is 0 Å². The lowest BCUT2D eigenvalue weighted by Crippen LogP contribution is -2.30. The molecule has 0 radical (unpaired) electrons. The molecule has 0 bridgehead atoms. The molecule has 1 aromatic carbocycles. The van der Waals surface area contributed by atoms with Gasteiger partial charge < -0.3 is 15.5 Å². The van der Waals surface area contributed by atoms with Crippen molar-refractivity contribution in [1.82, 2.24) is 10.2 Å². The van der Waals surface area contributed by atoms with E-state index in [4.69, 9.17) is 23.8 Å². The van der Waals surface area contributed by atoms with Gasteiger partial charge in [-0.3, -0.25) is 10.1 Å². The van der Waals surface area contributed by atoms with E-state index in [-0.39, 0.29) is 10.7 Å². The molecule has 0 heterocycles. The summed E-state index contributed by atoms with van der Waals surface area (Å²) < 4.78 is 0. The molecule has 0 saturated heterocycles. The Bertz CT molecular complexity index is 496. The zero-order valence-corrected chi connectivity index (χ0v) is 12.9. The number of nitro groups is 1. The van der Waals surface area contributed by atoms with Gasteiger partial charge in [-0.25, -0.2) is 0 Å². The van der Waals surface area contributed by atoms with Crippen molar-refractivity contribution in [1.29, 1.82) is 0 Å². The molecule has 0 fully saturated rings. The second-order valence-corrected chi connectivity index (χ2v) is 5.28. The largest absolute Gasteiger partial charge is 0.362 e. The Kier molecular flexibility index (Phi) is 6.63. The molecule has 0 saturated carbocycles. The number of halogens is 1.